The van der Waals surface area contributed by atoms with Crippen molar-refractivity contribution in [2.75, 3.05) is 0 Å². The zero-order valence-electron chi connectivity index (χ0n) is 27.5. The monoisotopic (exact) mass is 726 g/mol. The summed E-state index contributed by atoms with van der Waals surface area (Å²) in [5.74, 6) is 0. The summed E-state index contributed by atoms with van der Waals surface area (Å²) in [5.41, 5.74) is -5.84. The molecule has 4 aromatic rings. The average molecular weight is 727 g/mol. The summed E-state index contributed by atoms with van der Waals surface area (Å²) >= 11 is 0. The summed E-state index contributed by atoms with van der Waals surface area (Å²) in [7, 11) is 0. The molecule has 0 aromatic heterocycles. The fourth-order valence-corrected chi connectivity index (χ4v) is 7.18. The Labute approximate surface area is 296 Å². The van der Waals surface area contributed by atoms with Crippen molar-refractivity contribution >= 4 is 22.3 Å². The molecule has 0 amide bonds. The highest BCUT2D eigenvalue weighted by Crippen LogP contribution is 2.62. The van der Waals surface area contributed by atoms with E-state index in [1.807, 2.05) is 6.07 Å². The number of allylic oxidation sites excluding steroid dienone is 6. The molecule has 0 spiro atoms. The fraction of sp³-hybridized carbons (Fsp3) is 0.150. The standard InChI is InChI=1S/C40H19F9N4/c1-18-12-21(14-27(20(18)3)38(41,42)43)23-8-6-10-25-31(23)35(29(16-50)52-4)34-26-11-7-9-24(32(26)36(33(25)34)30(17-51)53-5)22-13-19(2)37(40(47,48)49)28(15-22)39(44,45)46/h6-15H,1-3H3/b35-29+,36-30-. The second kappa shape index (κ2) is 12.3. The van der Waals surface area contributed by atoms with Gasteiger partial charge in [-0.05, 0) is 105 Å². The third-order valence-electron chi connectivity index (χ3n) is 9.35. The molecule has 4 aromatic carbocycles. The Bertz CT molecular complexity index is 2550. The Morgan fingerprint density at radius 2 is 0.962 bits per heavy atom. The molecule has 53 heavy (non-hydrogen) atoms. The van der Waals surface area contributed by atoms with E-state index in [9.17, 15) is 50.0 Å². The van der Waals surface area contributed by atoms with Crippen LogP contribution < -0.4 is 0 Å². The first kappa shape index (κ1) is 36.2. The number of aryl methyl sites for hydroxylation is 2. The molecule has 0 atom stereocenters. The van der Waals surface area contributed by atoms with Crippen LogP contribution in [0.5, 0.6) is 0 Å². The van der Waals surface area contributed by atoms with Crippen LogP contribution in [0.25, 0.3) is 54.2 Å². The summed E-state index contributed by atoms with van der Waals surface area (Å²) in [5, 5.41) is 20.4. The number of fused-ring (bicyclic) bond motifs is 4. The molecule has 0 bridgehead atoms. The lowest BCUT2D eigenvalue weighted by molar-refractivity contribution is -0.162. The molecule has 0 aliphatic heterocycles. The first-order chi connectivity index (χ1) is 24.8. The first-order valence-electron chi connectivity index (χ1n) is 15.3. The van der Waals surface area contributed by atoms with Crippen LogP contribution in [0.1, 0.15) is 55.6 Å². The number of nitrogens with zero attached hydrogens (tertiary/aromatic N) is 4. The van der Waals surface area contributed by atoms with Gasteiger partial charge in [0, 0.05) is 11.1 Å². The summed E-state index contributed by atoms with van der Waals surface area (Å²) in [6.45, 7) is 19.4. The van der Waals surface area contributed by atoms with Crippen LogP contribution in [0, 0.1) is 56.6 Å². The van der Waals surface area contributed by atoms with Crippen LogP contribution in [-0.2, 0) is 18.5 Å². The minimum atomic E-state index is -5.43. The molecule has 0 fully saturated rings. The van der Waals surface area contributed by atoms with Crippen molar-refractivity contribution in [3.05, 3.63) is 151 Å². The average Bonchev–Trinajstić information content (AvgIpc) is 3.59. The van der Waals surface area contributed by atoms with Crippen molar-refractivity contribution in [2.45, 2.75) is 39.3 Å². The molecular formula is C40H19F9N4. The van der Waals surface area contributed by atoms with Crippen LogP contribution in [-0.4, -0.2) is 0 Å². The van der Waals surface area contributed by atoms with E-state index in [0.29, 0.717) is 11.6 Å². The zero-order valence-corrected chi connectivity index (χ0v) is 27.5. The van der Waals surface area contributed by atoms with E-state index in [1.165, 1.54) is 56.3 Å². The Morgan fingerprint density at radius 1 is 0.566 bits per heavy atom. The molecule has 0 heterocycles. The highest BCUT2D eigenvalue weighted by atomic mass is 19.4. The maximum atomic E-state index is 14.2. The molecule has 4 nitrogen and oxygen atoms in total. The third-order valence-corrected chi connectivity index (χ3v) is 9.35. The predicted molar refractivity (Wildman–Crippen MR) is 178 cm³/mol. The molecule has 262 valence electrons. The van der Waals surface area contributed by atoms with Crippen LogP contribution in [0.4, 0.5) is 39.5 Å². The smallest absolute Gasteiger partial charge is 0.226 e. The third kappa shape index (κ3) is 5.62. The van der Waals surface area contributed by atoms with E-state index in [-0.39, 0.29) is 72.4 Å². The van der Waals surface area contributed by atoms with Crippen molar-refractivity contribution in [2.24, 2.45) is 0 Å². The number of halogens is 9. The van der Waals surface area contributed by atoms with Gasteiger partial charge >= 0.3 is 18.5 Å². The molecule has 2 aliphatic carbocycles. The predicted octanol–water partition coefficient (Wildman–Crippen LogP) is 12.2. The lowest BCUT2D eigenvalue weighted by Crippen LogP contribution is -2.18. The van der Waals surface area contributed by atoms with Gasteiger partial charge in [-0.25, -0.2) is 20.2 Å². The normalized spacial score (nSPS) is 15.5. The Morgan fingerprint density at radius 3 is 1.34 bits per heavy atom. The number of nitriles is 2. The zero-order chi connectivity index (χ0) is 38.9. The van der Waals surface area contributed by atoms with E-state index < -0.39 is 52.2 Å². The van der Waals surface area contributed by atoms with E-state index >= 15 is 0 Å². The lowest BCUT2D eigenvalue weighted by atomic mass is 9.83. The molecule has 0 saturated heterocycles. The molecule has 13 heteroatoms. The molecule has 0 N–H and O–H groups in total. The summed E-state index contributed by atoms with van der Waals surface area (Å²) in [6.07, 6.45) is -15.5. The highest BCUT2D eigenvalue weighted by molar-refractivity contribution is 6.39. The highest BCUT2D eigenvalue weighted by Gasteiger charge is 2.46. The van der Waals surface area contributed by atoms with Crippen LogP contribution >= 0.6 is 0 Å². The van der Waals surface area contributed by atoms with Gasteiger partial charge in [0.15, 0.2) is 0 Å². The van der Waals surface area contributed by atoms with Crippen molar-refractivity contribution in [3.8, 4) is 34.4 Å². The first-order valence-corrected chi connectivity index (χ1v) is 15.3. The van der Waals surface area contributed by atoms with Gasteiger partial charge in [-0.2, -0.15) is 39.5 Å². The van der Waals surface area contributed by atoms with Gasteiger partial charge in [-0.3, -0.25) is 0 Å². The second-order valence-electron chi connectivity index (χ2n) is 12.3. The molecule has 0 radical (unpaired) electrons. The van der Waals surface area contributed by atoms with Crippen molar-refractivity contribution in [1.29, 1.82) is 10.5 Å². The molecule has 2 aliphatic rings. The number of alkyl halides is 9. The number of benzene rings is 4. The maximum absolute atomic E-state index is 14.2. The SMILES string of the molecule is [C-]#[N+]/C(C#N)=C1C2=C(/C(=C(\C#N)[N+]#[C-])c3c2cccc3-c2cc(C)c(C)c(C(F)(F)F)c2)c2cccc(-c3cc(C)c(C(F)(F)F)c(C(F)(F)F)c3)c2\1. The van der Waals surface area contributed by atoms with Gasteiger partial charge in [-0.15, -0.1) is 0 Å². The van der Waals surface area contributed by atoms with Gasteiger partial charge in [0.2, 0.25) is 0 Å². The van der Waals surface area contributed by atoms with Gasteiger partial charge in [0.1, 0.15) is 0 Å². The molecule has 0 unspecified atom stereocenters. The van der Waals surface area contributed by atoms with Crippen LogP contribution in [0.3, 0.4) is 0 Å². The molecule has 0 saturated carbocycles. The van der Waals surface area contributed by atoms with Gasteiger partial charge < -0.3 is 0 Å². The second-order valence-corrected chi connectivity index (χ2v) is 12.3. The fourth-order valence-electron chi connectivity index (χ4n) is 7.18. The van der Waals surface area contributed by atoms with Gasteiger partial charge in [0.25, 0.3) is 11.4 Å². The van der Waals surface area contributed by atoms with Gasteiger partial charge in [-0.1, -0.05) is 48.5 Å². The molecule has 6 rings (SSSR count). The number of hydrogen-bond donors (Lipinski definition) is 0. The van der Waals surface area contributed by atoms with Crippen LogP contribution in [0.2, 0.25) is 0 Å². The van der Waals surface area contributed by atoms with E-state index in [2.05, 4.69) is 9.69 Å². The Kier molecular flexibility index (Phi) is 8.40. The number of rotatable bonds is 2. The summed E-state index contributed by atoms with van der Waals surface area (Å²) < 4.78 is 127. The molecular weight excluding hydrogens is 707 g/mol. The van der Waals surface area contributed by atoms with Gasteiger partial charge in [0.05, 0.1) is 42.0 Å². The van der Waals surface area contributed by atoms with Crippen molar-refractivity contribution in [3.63, 3.8) is 0 Å². The topological polar surface area (TPSA) is 56.3 Å². The Balaban J connectivity index is 1.74. The van der Waals surface area contributed by atoms with E-state index in [1.54, 1.807) is 6.07 Å². The number of hydrogen-bond acceptors (Lipinski definition) is 2. The van der Waals surface area contributed by atoms with Crippen molar-refractivity contribution < 1.29 is 39.5 Å². The minimum Gasteiger partial charge on any atom is -0.226 e. The summed E-state index contributed by atoms with van der Waals surface area (Å²) in [6, 6.07) is 16.0. The van der Waals surface area contributed by atoms with Crippen molar-refractivity contribution in [1.82, 2.24) is 0 Å². The van der Waals surface area contributed by atoms with E-state index in [0.717, 1.165) is 19.1 Å². The summed E-state index contributed by atoms with van der Waals surface area (Å²) in [4.78, 5) is 6.77. The quantitative estimate of drug-likeness (QED) is 0.117. The minimum absolute atomic E-state index is 0.00121. The lowest BCUT2D eigenvalue weighted by Gasteiger charge is -2.22. The Hall–Kier alpha value is -6.57. The largest absolute Gasteiger partial charge is 0.417 e. The van der Waals surface area contributed by atoms with Crippen LogP contribution in [0.15, 0.2) is 72.1 Å². The maximum Gasteiger partial charge on any atom is 0.417 e. The van der Waals surface area contributed by atoms with E-state index in [4.69, 9.17) is 13.1 Å².